The van der Waals surface area contributed by atoms with Gasteiger partial charge in [-0.2, -0.15) is 0 Å². The predicted molar refractivity (Wildman–Crippen MR) is 96.0 cm³/mol. The van der Waals surface area contributed by atoms with Gasteiger partial charge in [0.15, 0.2) is 5.82 Å². The summed E-state index contributed by atoms with van der Waals surface area (Å²) in [4.78, 5) is 27.5. The number of halogens is 1. The minimum absolute atomic E-state index is 0.0182. The Balaban J connectivity index is 1.69. The van der Waals surface area contributed by atoms with E-state index in [0.29, 0.717) is 28.0 Å². The molecule has 6 nitrogen and oxygen atoms in total. The van der Waals surface area contributed by atoms with Gasteiger partial charge < -0.3 is 4.90 Å². The number of aromatic nitrogens is 4. The van der Waals surface area contributed by atoms with Crippen LogP contribution in [0.1, 0.15) is 30.1 Å². The van der Waals surface area contributed by atoms with Crippen LogP contribution in [-0.2, 0) is 0 Å². The maximum Gasteiger partial charge on any atom is 0.255 e. The normalized spacial score (nSPS) is 15.7. The minimum Gasteiger partial charge on any atom is -0.339 e. The fourth-order valence-electron chi connectivity index (χ4n) is 3.17. The van der Waals surface area contributed by atoms with E-state index >= 15 is 0 Å². The lowest BCUT2D eigenvalue weighted by Gasteiger charge is -2.30. The molecule has 0 spiro atoms. The molecule has 0 saturated carbocycles. The van der Waals surface area contributed by atoms with Crippen LogP contribution in [-0.4, -0.2) is 43.4 Å². The molecule has 128 valence electrons. The Morgan fingerprint density at radius 1 is 1.20 bits per heavy atom. The second kappa shape index (κ2) is 6.44. The molecule has 7 heteroatoms. The molecule has 4 rings (SSSR count). The number of hydrogen-bond acceptors (Lipinski definition) is 4. The molecule has 25 heavy (non-hydrogen) atoms. The van der Waals surface area contributed by atoms with Crippen LogP contribution in [0.3, 0.4) is 0 Å². The van der Waals surface area contributed by atoms with Gasteiger partial charge in [-0.05, 0) is 24.8 Å². The molecule has 1 aliphatic heterocycles. The molecule has 3 aromatic rings. The Hall–Kier alpha value is -2.47. The average molecular weight is 356 g/mol. The number of likely N-dealkylation sites (tertiary alicyclic amines) is 1. The van der Waals surface area contributed by atoms with Gasteiger partial charge in [0, 0.05) is 43.3 Å². The lowest BCUT2D eigenvalue weighted by atomic mass is 9.99. The monoisotopic (exact) mass is 355 g/mol. The van der Waals surface area contributed by atoms with Gasteiger partial charge in [0.25, 0.3) is 5.91 Å². The number of pyridine rings is 1. The van der Waals surface area contributed by atoms with Crippen LogP contribution in [0.25, 0.3) is 16.9 Å². The zero-order chi connectivity index (χ0) is 17.4. The standard InChI is InChI=1S/C18H18ClN5O/c1-12-2-6-23(7-3-12)18(25)13-8-14-15(19)11-24(17(14)22-9-13)16-10-20-4-5-21-16/h4-5,8-12H,2-3,6-7H2,1H3. The minimum atomic E-state index is 0.0182. The van der Waals surface area contributed by atoms with Crippen molar-refractivity contribution < 1.29 is 4.79 Å². The summed E-state index contributed by atoms with van der Waals surface area (Å²) in [5.41, 5.74) is 1.23. The third-order valence-corrected chi connectivity index (χ3v) is 5.01. The zero-order valence-electron chi connectivity index (χ0n) is 13.9. The van der Waals surface area contributed by atoms with Crippen molar-refractivity contribution in [3.05, 3.63) is 47.6 Å². The molecule has 0 N–H and O–H groups in total. The molecule has 0 aromatic carbocycles. The van der Waals surface area contributed by atoms with E-state index in [0.717, 1.165) is 31.3 Å². The highest BCUT2D eigenvalue weighted by Gasteiger charge is 2.22. The van der Waals surface area contributed by atoms with Gasteiger partial charge in [0.05, 0.1) is 16.8 Å². The molecule has 1 amide bonds. The van der Waals surface area contributed by atoms with Crippen LogP contribution in [0.15, 0.2) is 37.1 Å². The summed E-state index contributed by atoms with van der Waals surface area (Å²) >= 11 is 6.38. The van der Waals surface area contributed by atoms with Crippen molar-refractivity contribution in [3.63, 3.8) is 0 Å². The van der Waals surface area contributed by atoms with Crippen LogP contribution in [0, 0.1) is 5.92 Å². The first-order valence-electron chi connectivity index (χ1n) is 8.36. The van der Waals surface area contributed by atoms with Crippen LogP contribution in [0.2, 0.25) is 5.02 Å². The van der Waals surface area contributed by atoms with Crippen LogP contribution >= 0.6 is 11.6 Å². The molecule has 4 heterocycles. The van der Waals surface area contributed by atoms with Crippen molar-refractivity contribution in [3.8, 4) is 5.82 Å². The summed E-state index contributed by atoms with van der Waals surface area (Å²) in [5, 5.41) is 1.28. The summed E-state index contributed by atoms with van der Waals surface area (Å²) in [6.45, 7) is 3.82. The second-order valence-electron chi connectivity index (χ2n) is 6.48. The third-order valence-electron chi connectivity index (χ3n) is 4.71. The number of carbonyl (C=O) groups is 1. The average Bonchev–Trinajstić information content (AvgIpc) is 2.99. The first-order chi connectivity index (χ1) is 12.1. The molecule has 0 bridgehead atoms. The number of amides is 1. The molecule has 1 aliphatic rings. The van der Waals surface area contributed by atoms with Crippen LogP contribution in [0.5, 0.6) is 0 Å². The van der Waals surface area contributed by atoms with E-state index in [1.54, 1.807) is 35.6 Å². The summed E-state index contributed by atoms with van der Waals surface area (Å²) < 4.78 is 1.78. The summed E-state index contributed by atoms with van der Waals surface area (Å²) in [6, 6.07) is 1.82. The van der Waals surface area contributed by atoms with Crippen LogP contribution < -0.4 is 0 Å². The smallest absolute Gasteiger partial charge is 0.255 e. The largest absolute Gasteiger partial charge is 0.339 e. The maximum absolute atomic E-state index is 12.8. The Bertz CT molecular complexity index is 916. The number of nitrogens with zero attached hydrogens (tertiary/aromatic N) is 5. The summed E-state index contributed by atoms with van der Waals surface area (Å²) in [7, 11) is 0. The maximum atomic E-state index is 12.8. The van der Waals surface area contributed by atoms with Gasteiger partial charge in [-0.3, -0.25) is 14.3 Å². The number of piperidine rings is 1. The number of rotatable bonds is 2. The number of fused-ring (bicyclic) bond motifs is 1. The quantitative estimate of drug-likeness (QED) is 0.707. The Labute approximate surface area is 150 Å². The van der Waals surface area contributed by atoms with Gasteiger partial charge in [0.1, 0.15) is 5.65 Å². The van der Waals surface area contributed by atoms with E-state index in [-0.39, 0.29) is 5.91 Å². The fourth-order valence-corrected chi connectivity index (χ4v) is 3.41. The van der Waals surface area contributed by atoms with E-state index in [1.807, 2.05) is 11.0 Å². The van der Waals surface area contributed by atoms with Gasteiger partial charge in [-0.25, -0.2) is 9.97 Å². The molecule has 3 aromatic heterocycles. The molecular formula is C18H18ClN5O. The summed E-state index contributed by atoms with van der Waals surface area (Å²) in [5.74, 6) is 1.33. The van der Waals surface area contributed by atoms with Crippen molar-refractivity contribution in [1.82, 2.24) is 24.4 Å². The molecule has 0 unspecified atom stereocenters. The Kier molecular flexibility index (Phi) is 4.13. The molecule has 0 aliphatic carbocycles. The lowest BCUT2D eigenvalue weighted by Crippen LogP contribution is -2.37. The van der Waals surface area contributed by atoms with Gasteiger partial charge in [-0.15, -0.1) is 0 Å². The molecule has 0 atom stereocenters. The van der Waals surface area contributed by atoms with Crippen molar-refractivity contribution in [2.75, 3.05) is 13.1 Å². The van der Waals surface area contributed by atoms with Crippen molar-refractivity contribution >= 4 is 28.5 Å². The molecule has 1 fully saturated rings. The highest BCUT2D eigenvalue weighted by molar-refractivity contribution is 6.35. The topological polar surface area (TPSA) is 63.9 Å². The van der Waals surface area contributed by atoms with Crippen molar-refractivity contribution in [1.29, 1.82) is 0 Å². The number of hydrogen-bond donors (Lipinski definition) is 0. The van der Waals surface area contributed by atoms with E-state index in [9.17, 15) is 4.79 Å². The molecule has 0 radical (unpaired) electrons. The lowest BCUT2D eigenvalue weighted by molar-refractivity contribution is 0.0697. The molecule has 1 saturated heterocycles. The third kappa shape index (κ3) is 2.98. The number of carbonyl (C=O) groups excluding carboxylic acids is 1. The van der Waals surface area contributed by atoms with Gasteiger partial charge in [0.2, 0.25) is 0 Å². The fraction of sp³-hybridized carbons (Fsp3) is 0.333. The predicted octanol–water partition coefficient (Wildman–Crippen LogP) is 3.34. The zero-order valence-corrected chi connectivity index (χ0v) is 14.6. The van der Waals surface area contributed by atoms with Crippen molar-refractivity contribution in [2.45, 2.75) is 19.8 Å². The Morgan fingerprint density at radius 3 is 2.72 bits per heavy atom. The molecular weight excluding hydrogens is 338 g/mol. The van der Waals surface area contributed by atoms with Crippen molar-refractivity contribution in [2.24, 2.45) is 5.92 Å². The SMILES string of the molecule is CC1CCN(C(=O)c2cnc3c(c2)c(Cl)cn3-c2cnccn2)CC1. The van der Waals surface area contributed by atoms with E-state index in [1.165, 1.54) is 0 Å². The van der Waals surface area contributed by atoms with Gasteiger partial charge in [-0.1, -0.05) is 18.5 Å². The van der Waals surface area contributed by atoms with E-state index < -0.39 is 0 Å². The first-order valence-corrected chi connectivity index (χ1v) is 8.73. The summed E-state index contributed by atoms with van der Waals surface area (Å²) in [6.07, 6.45) is 10.3. The van der Waals surface area contributed by atoms with Crippen LogP contribution in [0.4, 0.5) is 0 Å². The second-order valence-corrected chi connectivity index (χ2v) is 6.89. The highest BCUT2D eigenvalue weighted by Crippen LogP contribution is 2.28. The first kappa shape index (κ1) is 16.0. The Morgan fingerprint density at radius 2 is 2.00 bits per heavy atom. The van der Waals surface area contributed by atoms with E-state index in [4.69, 9.17) is 11.6 Å². The highest BCUT2D eigenvalue weighted by atomic mass is 35.5. The van der Waals surface area contributed by atoms with Gasteiger partial charge >= 0.3 is 0 Å². The van der Waals surface area contributed by atoms with E-state index in [2.05, 4.69) is 21.9 Å².